The number of fused-ring (bicyclic) bond motifs is 4. The molecule has 27 heavy (non-hydrogen) atoms. The molecule has 4 bridgehead atoms. The van der Waals surface area contributed by atoms with Crippen LogP contribution < -0.4 is 10.9 Å². The lowest BCUT2D eigenvalue weighted by atomic mass is 9.90. The van der Waals surface area contributed by atoms with Gasteiger partial charge in [0, 0.05) is 25.3 Å². The number of nitrogens with one attached hydrogen (secondary N) is 2. The van der Waals surface area contributed by atoms with Crippen LogP contribution in [0.15, 0.2) is 10.2 Å². The number of hydrogen-bond donors (Lipinski definition) is 2. The highest BCUT2D eigenvalue weighted by molar-refractivity contribution is 5.79. The molecule has 0 radical (unpaired) electrons. The number of carbonyl (C=O) groups excluding carboxylic acids is 2. The van der Waals surface area contributed by atoms with Crippen molar-refractivity contribution in [3.8, 4) is 0 Å². The number of amides is 2. The van der Waals surface area contributed by atoms with Gasteiger partial charge in [-0.2, -0.15) is 10.2 Å². The van der Waals surface area contributed by atoms with Gasteiger partial charge in [0.15, 0.2) is 0 Å². The maximum Gasteiger partial charge on any atom is 0.240 e. The van der Waals surface area contributed by atoms with E-state index in [-0.39, 0.29) is 11.8 Å². The summed E-state index contributed by atoms with van der Waals surface area (Å²) in [6.45, 7) is 0. The first kappa shape index (κ1) is 18.6. The molecule has 4 aliphatic carbocycles. The largest absolute Gasteiger partial charge is 0.273 e. The van der Waals surface area contributed by atoms with Gasteiger partial charge in [-0.15, -0.1) is 0 Å². The Hall–Kier alpha value is -1.72. The number of hydrazone groups is 2. The van der Waals surface area contributed by atoms with Crippen molar-refractivity contribution in [3.63, 3.8) is 0 Å². The Morgan fingerprint density at radius 2 is 1.22 bits per heavy atom. The number of nitrogens with zero attached hydrogens (tertiary/aromatic N) is 2. The molecule has 148 valence electrons. The van der Waals surface area contributed by atoms with Crippen LogP contribution in [0.2, 0.25) is 0 Å². The predicted molar refractivity (Wildman–Crippen MR) is 105 cm³/mol. The zero-order chi connectivity index (χ0) is 18.6. The number of rotatable bonds is 8. The molecule has 6 atom stereocenters. The van der Waals surface area contributed by atoms with E-state index in [2.05, 4.69) is 21.1 Å². The quantitative estimate of drug-likeness (QED) is 0.506. The first-order valence-corrected chi connectivity index (χ1v) is 10.8. The molecule has 0 aromatic heterocycles. The molecule has 2 amide bonds. The molecule has 0 aromatic rings. The molecule has 0 aliphatic heterocycles. The second-order valence-electron chi connectivity index (χ2n) is 9.16. The van der Waals surface area contributed by atoms with Crippen LogP contribution in [-0.2, 0) is 9.59 Å². The fourth-order valence-corrected chi connectivity index (χ4v) is 5.88. The van der Waals surface area contributed by atoms with Crippen LogP contribution in [0.25, 0.3) is 0 Å². The summed E-state index contributed by atoms with van der Waals surface area (Å²) in [5.74, 6) is 4.17. The van der Waals surface area contributed by atoms with Crippen LogP contribution in [0.3, 0.4) is 0 Å². The van der Waals surface area contributed by atoms with Crippen LogP contribution in [0, 0.1) is 35.5 Å². The lowest BCUT2D eigenvalue weighted by Gasteiger charge is -2.16. The highest BCUT2D eigenvalue weighted by atomic mass is 16.2. The van der Waals surface area contributed by atoms with Gasteiger partial charge in [-0.25, -0.2) is 10.9 Å². The third-order valence-electron chi connectivity index (χ3n) is 7.30. The Kier molecular flexibility index (Phi) is 5.89. The van der Waals surface area contributed by atoms with Crippen molar-refractivity contribution in [3.05, 3.63) is 0 Å². The normalized spacial score (nSPS) is 36.9. The second kappa shape index (κ2) is 8.53. The van der Waals surface area contributed by atoms with Gasteiger partial charge in [-0.05, 0) is 80.5 Å². The summed E-state index contributed by atoms with van der Waals surface area (Å²) < 4.78 is 0. The van der Waals surface area contributed by atoms with Gasteiger partial charge >= 0.3 is 0 Å². The summed E-state index contributed by atoms with van der Waals surface area (Å²) in [6.07, 6.45) is 15.5. The van der Waals surface area contributed by atoms with E-state index in [0.717, 1.165) is 23.7 Å². The van der Waals surface area contributed by atoms with Crippen molar-refractivity contribution in [1.29, 1.82) is 0 Å². The van der Waals surface area contributed by atoms with Crippen molar-refractivity contribution in [1.82, 2.24) is 10.9 Å². The lowest BCUT2D eigenvalue weighted by molar-refractivity contribution is -0.122. The van der Waals surface area contributed by atoms with E-state index in [1.54, 1.807) is 0 Å². The van der Waals surface area contributed by atoms with Crippen LogP contribution in [0.5, 0.6) is 0 Å². The summed E-state index contributed by atoms with van der Waals surface area (Å²) in [7, 11) is 0. The summed E-state index contributed by atoms with van der Waals surface area (Å²) in [6, 6.07) is 0. The van der Waals surface area contributed by atoms with Crippen molar-refractivity contribution in [2.45, 2.75) is 70.6 Å². The Bertz CT molecular complexity index is 565. The topological polar surface area (TPSA) is 82.9 Å². The molecule has 0 spiro atoms. The van der Waals surface area contributed by atoms with E-state index < -0.39 is 0 Å². The van der Waals surface area contributed by atoms with Crippen LogP contribution in [0.1, 0.15) is 70.6 Å². The summed E-state index contributed by atoms with van der Waals surface area (Å²) in [5.41, 5.74) is 5.22. The van der Waals surface area contributed by atoms with Crippen molar-refractivity contribution >= 4 is 24.2 Å². The fourth-order valence-electron chi connectivity index (χ4n) is 5.88. The zero-order valence-electron chi connectivity index (χ0n) is 16.1. The molecule has 4 aliphatic rings. The van der Waals surface area contributed by atoms with E-state index in [1.807, 2.05) is 12.4 Å². The molecule has 6 nitrogen and oxygen atoms in total. The molecule has 0 heterocycles. The Labute approximate surface area is 161 Å². The zero-order valence-corrected chi connectivity index (χ0v) is 16.1. The summed E-state index contributed by atoms with van der Waals surface area (Å²) in [4.78, 5) is 23.7. The molecule has 2 N–H and O–H groups in total. The third kappa shape index (κ3) is 4.77. The van der Waals surface area contributed by atoms with Gasteiger partial charge in [0.25, 0.3) is 0 Å². The van der Waals surface area contributed by atoms with Gasteiger partial charge in [0.2, 0.25) is 11.8 Å². The summed E-state index contributed by atoms with van der Waals surface area (Å²) >= 11 is 0. The highest BCUT2D eigenvalue weighted by Gasteiger charge is 2.39. The fraction of sp³-hybridized carbons (Fsp3) is 0.810. The number of carbonyl (C=O) groups is 2. The van der Waals surface area contributed by atoms with Gasteiger partial charge in [0.05, 0.1) is 0 Å². The van der Waals surface area contributed by atoms with Gasteiger partial charge in [-0.1, -0.05) is 12.8 Å². The average molecular weight is 373 g/mol. The van der Waals surface area contributed by atoms with Gasteiger partial charge in [-0.3, -0.25) is 9.59 Å². The smallest absolute Gasteiger partial charge is 0.240 e. The molecular formula is C21H32N4O2. The van der Waals surface area contributed by atoms with Crippen molar-refractivity contribution < 1.29 is 9.59 Å². The first-order chi connectivity index (χ1) is 13.2. The standard InChI is InChI=1S/C21H32N4O2/c26-20(24-22-12-18-10-14-4-6-16(18)8-14)2-1-3-21(27)25-23-13-19-11-15-5-7-17(19)9-15/h12-19H,1-11H2,(H,24,26)(H,25,27)/b22-12+,23-13+. The van der Waals surface area contributed by atoms with Gasteiger partial charge in [0.1, 0.15) is 0 Å². The third-order valence-corrected chi connectivity index (χ3v) is 7.30. The molecule has 6 heteroatoms. The van der Waals surface area contributed by atoms with Crippen molar-refractivity contribution in [2.24, 2.45) is 45.7 Å². The lowest BCUT2D eigenvalue weighted by Crippen LogP contribution is -2.22. The maximum absolute atomic E-state index is 11.8. The highest BCUT2D eigenvalue weighted by Crippen LogP contribution is 2.48. The second-order valence-corrected chi connectivity index (χ2v) is 9.16. The SMILES string of the molecule is O=C(CCCC(=O)N/N=C/C1CC2CCC1C2)N/N=C/C1CC2CCC1C2. The molecular weight excluding hydrogens is 340 g/mol. The van der Waals surface area contributed by atoms with Gasteiger partial charge < -0.3 is 0 Å². The Balaban J connectivity index is 1.06. The van der Waals surface area contributed by atoms with E-state index in [4.69, 9.17) is 0 Å². The molecule has 4 fully saturated rings. The monoisotopic (exact) mass is 372 g/mol. The molecule has 4 saturated carbocycles. The molecule has 6 unspecified atom stereocenters. The van der Waals surface area contributed by atoms with Crippen LogP contribution in [0.4, 0.5) is 0 Å². The minimum absolute atomic E-state index is 0.118. The van der Waals surface area contributed by atoms with Crippen LogP contribution in [-0.4, -0.2) is 24.2 Å². The van der Waals surface area contributed by atoms with Crippen LogP contribution >= 0.6 is 0 Å². The van der Waals surface area contributed by atoms with E-state index in [9.17, 15) is 9.59 Å². The molecule has 0 saturated heterocycles. The average Bonchev–Trinajstić information content (AvgIpc) is 3.43. The maximum atomic E-state index is 11.8. The Morgan fingerprint density at radius 1 is 0.741 bits per heavy atom. The van der Waals surface area contributed by atoms with E-state index in [1.165, 1.54) is 51.4 Å². The predicted octanol–water partition coefficient (Wildman–Crippen LogP) is 3.23. The first-order valence-electron chi connectivity index (χ1n) is 10.8. The van der Waals surface area contributed by atoms with Crippen molar-refractivity contribution in [2.75, 3.05) is 0 Å². The minimum atomic E-state index is -0.118. The Morgan fingerprint density at radius 3 is 1.59 bits per heavy atom. The minimum Gasteiger partial charge on any atom is -0.273 e. The molecule has 4 rings (SSSR count). The molecule has 0 aromatic carbocycles. The summed E-state index contributed by atoms with van der Waals surface area (Å²) in [5, 5.41) is 8.27. The van der Waals surface area contributed by atoms with E-state index in [0.29, 0.717) is 31.1 Å². The number of hydrogen-bond acceptors (Lipinski definition) is 4. The van der Waals surface area contributed by atoms with E-state index >= 15 is 0 Å².